The largest absolute Gasteiger partial charge is 0.362 e. The Hall–Kier alpha value is -2.54. The minimum absolute atomic E-state index is 0.114. The Morgan fingerprint density at radius 2 is 1.93 bits per heavy atom. The van der Waals surface area contributed by atoms with Crippen molar-refractivity contribution in [3.63, 3.8) is 0 Å². The van der Waals surface area contributed by atoms with E-state index in [2.05, 4.69) is 10.5 Å². The van der Waals surface area contributed by atoms with Crippen molar-refractivity contribution in [2.45, 2.75) is 19.1 Å². The maximum absolute atomic E-state index is 12.3. The monoisotopic (exact) mass is 431 g/mol. The first-order valence-electron chi connectivity index (χ1n) is 9.14. The van der Waals surface area contributed by atoms with Crippen LogP contribution < -0.4 is 5.32 Å². The third-order valence-corrected chi connectivity index (χ3v) is 5.28. The van der Waals surface area contributed by atoms with E-state index in [1.54, 1.807) is 17.9 Å². The molecule has 0 saturated carbocycles. The van der Waals surface area contributed by atoms with Crippen molar-refractivity contribution in [2.24, 2.45) is 0 Å². The Labute approximate surface area is 178 Å². The summed E-state index contributed by atoms with van der Waals surface area (Å²) in [6.45, 7) is 2.70. The maximum Gasteiger partial charge on any atom is 0.323 e. The Morgan fingerprint density at radius 3 is 2.59 bits per heavy atom. The minimum Gasteiger partial charge on any atom is -0.362 e. The highest BCUT2D eigenvalue weighted by Crippen LogP contribution is 2.34. The van der Waals surface area contributed by atoms with Gasteiger partial charge in [0.05, 0.1) is 19.2 Å². The quantitative estimate of drug-likeness (QED) is 0.593. The number of benzene rings is 2. The summed E-state index contributed by atoms with van der Waals surface area (Å²) in [4.78, 5) is 14.0. The molecule has 2 aromatic carbocycles. The van der Waals surface area contributed by atoms with Gasteiger partial charge in [0.1, 0.15) is 11.9 Å². The molecule has 4 rings (SSSR count). The number of hydrogen-bond donors (Lipinski definition) is 1. The highest BCUT2D eigenvalue weighted by molar-refractivity contribution is 6.31. The number of nitrogens with zero attached hydrogens (tertiary/aromatic N) is 2. The highest BCUT2D eigenvalue weighted by atomic mass is 35.5. The number of halogens is 2. The molecule has 0 spiro atoms. The fourth-order valence-electron chi connectivity index (χ4n) is 3.15. The van der Waals surface area contributed by atoms with Gasteiger partial charge >= 0.3 is 6.03 Å². The molecule has 1 aliphatic heterocycles. The van der Waals surface area contributed by atoms with Gasteiger partial charge in [-0.05, 0) is 30.7 Å². The Kier molecular flexibility index (Phi) is 5.76. The van der Waals surface area contributed by atoms with Gasteiger partial charge in [0.15, 0.2) is 5.82 Å². The summed E-state index contributed by atoms with van der Waals surface area (Å²) in [6.07, 6.45) is -0.467. The summed E-state index contributed by atoms with van der Waals surface area (Å²) in [5.74, 6) is 1.03. The standard InChI is InChI=1S/C21H19Cl2N3O3/c1-13-10-19(25-29-13)24-21(27)26-11-16(12-26)28-20(14-6-8-15(22)9-7-14)17-4-2-3-5-18(17)23/h2-10,16,20H,11-12H2,1H3,(H,24,25,27). The van der Waals surface area contributed by atoms with E-state index in [0.717, 1.165) is 11.1 Å². The molecular weight excluding hydrogens is 413 g/mol. The molecule has 1 aromatic heterocycles. The van der Waals surface area contributed by atoms with Gasteiger partial charge in [-0.2, -0.15) is 0 Å². The number of ether oxygens (including phenoxy) is 1. The third kappa shape index (κ3) is 4.56. The van der Waals surface area contributed by atoms with E-state index in [4.69, 9.17) is 32.5 Å². The highest BCUT2D eigenvalue weighted by Gasteiger charge is 2.34. The molecule has 1 atom stereocenters. The first-order valence-corrected chi connectivity index (χ1v) is 9.90. The van der Waals surface area contributed by atoms with Crippen LogP contribution in [-0.4, -0.2) is 35.3 Å². The number of anilines is 1. The van der Waals surface area contributed by atoms with E-state index in [9.17, 15) is 4.79 Å². The summed E-state index contributed by atoms with van der Waals surface area (Å²) >= 11 is 12.4. The number of hydrogen-bond acceptors (Lipinski definition) is 4. The lowest BCUT2D eigenvalue weighted by molar-refractivity contribution is -0.0628. The lowest BCUT2D eigenvalue weighted by atomic mass is 10.0. The average molecular weight is 432 g/mol. The van der Waals surface area contributed by atoms with E-state index in [1.807, 2.05) is 48.5 Å². The molecule has 1 N–H and O–H groups in total. The topological polar surface area (TPSA) is 67.6 Å². The molecule has 2 heterocycles. The minimum atomic E-state index is -0.352. The first kappa shape index (κ1) is 19.8. The first-order chi connectivity index (χ1) is 14.0. The van der Waals surface area contributed by atoms with E-state index in [0.29, 0.717) is 34.7 Å². The van der Waals surface area contributed by atoms with Crippen molar-refractivity contribution >= 4 is 35.1 Å². The number of nitrogens with one attached hydrogen (secondary N) is 1. The number of carbonyl (C=O) groups excluding carboxylic acids is 1. The predicted octanol–water partition coefficient (Wildman–Crippen LogP) is 5.31. The number of carbonyl (C=O) groups is 1. The van der Waals surface area contributed by atoms with Crippen LogP contribution in [0.3, 0.4) is 0 Å². The second-order valence-corrected chi connectivity index (χ2v) is 7.71. The van der Waals surface area contributed by atoms with Gasteiger partial charge in [0.2, 0.25) is 0 Å². The summed E-state index contributed by atoms with van der Waals surface area (Å²) in [7, 11) is 0. The maximum atomic E-state index is 12.3. The number of amides is 2. The number of rotatable bonds is 5. The lowest BCUT2D eigenvalue weighted by Crippen LogP contribution is -2.56. The van der Waals surface area contributed by atoms with Gasteiger partial charge in [-0.15, -0.1) is 0 Å². The van der Waals surface area contributed by atoms with Gasteiger partial charge < -0.3 is 14.2 Å². The van der Waals surface area contributed by atoms with E-state index in [-0.39, 0.29) is 18.2 Å². The van der Waals surface area contributed by atoms with Gasteiger partial charge in [-0.1, -0.05) is 58.7 Å². The number of aryl methyl sites for hydroxylation is 1. The molecule has 2 amide bonds. The normalized spacial score (nSPS) is 15.1. The van der Waals surface area contributed by atoms with Crippen molar-refractivity contribution in [3.8, 4) is 0 Å². The predicted molar refractivity (Wildman–Crippen MR) is 111 cm³/mol. The summed E-state index contributed by atoms with van der Waals surface area (Å²) in [5, 5.41) is 7.76. The smallest absolute Gasteiger partial charge is 0.323 e. The second-order valence-electron chi connectivity index (χ2n) is 6.87. The molecule has 6 nitrogen and oxygen atoms in total. The van der Waals surface area contributed by atoms with Crippen LogP contribution >= 0.6 is 23.2 Å². The Morgan fingerprint density at radius 1 is 1.21 bits per heavy atom. The molecule has 1 fully saturated rings. The van der Waals surface area contributed by atoms with Crippen molar-refractivity contribution in [1.82, 2.24) is 10.1 Å². The lowest BCUT2D eigenvalue weighted by Gasteiger charge is -2.40. The summed E-state index contributed by atoms with van der Waals surface area (Å²) < 4.78 is 11.3. The van der Waals surface area contributed by atoms with Gasteiger partial charge in [-0.3, -0.25) is 5.32 Å². The van der Waals surface area contributed by atoms with Gasteiger partial charge in [0, 0.05) is 21.7 Å². The van der Waals surface area contributed by atoms with Crippen LogP contribution in [0.4, 0.5) is 10.6 Å². The molecule has 0 bridgehead atoms. The number of urea groups is 1. The molecule has 1 aliphatic rings. The third-order valence-electron chi connectivity index (χ3n) is 4.69. The molecule has 8 heteroatoms. The number of aromatic nitrogens is 1. The molecule has 150 valence electrons. The summed E-state index contributed by atoms with van der Waals surface area (Å²) in [5.41, 5.74) is 1.82. The molecule has 29 heavy (non-hydrogen) atoms. The van der Waals surface area contributed by atoms with Crippen LogP contribution in [0.25, 0.3) is 0 Å². The van der Waals surface area contributed by atoms with Crippen LogP contribution in [0.2, 0.25) is 10.0 Å². The molecule has 3 aromatic rings. The fraction of sp³-hybridized carbons (Fsp3) is 0.238. The summed E-state index contributed by atoms with van der Waals surface area (Å²) in [6, 6.07) is 16.5. The SMILES string of the molecule is Cc1cc(NC(=O)N2CC(OC(c3ccc(Cl)cc3)c3ccccc3Cl)C2)no1. The molecule has 0 radical (unpaired) electrons. The molecule has 1 unspecified atom stereocenters. The zero-order valence-electron chi connectivity index (χ0n) is 15.6. The Balaban J connectivity index is 1.43. The second kappa shape index (κ2) is 8.45. The zero-order chi connectivity index (χ0) is 20.4. The van der Waals surface area contributed by atoms with Gasteiger partial charge in [-0.25, -0.2) is 4.79 Å². The van der Waals surface area contributed by atoms with Crippen LogP contribution in [0, 0.1) is 6.92 Å². The van der Waals surface area contributed by atoms with Gasteiger partial charge in [0.25, 0.3) is 0 Å². The van der Waals surface area contributed by atoms with E-state index < -0.39 is 0 Å². The van der Waals surface area contributed by atoms with Crippen LogP contribution in [0.15, 0.2) is 59.1 Å². The average Bonchev–Trinajstić information content (AvgIpc) is 3.07. The molecule has 1 saturated heterocycles. The number of likely N-dealkylation sites (tertiary alicyclic amines) is 1. The van der Waals surface area contributed by atoms with Crippen molar-refractivity contribution < 1.29 is 14.1 Å². The fourth-order valence-corrected chi connectivity index (χ4v) is 3.51. The van der Waals surface area contributed by atoms with Crippen molar-refractivity contribution in [1.29, 1.82) is 0 Å². The van der Waals surface area contributed by atoms with Crippen molar-refractivity contribution in [2.75, 3.05) is 18.4 Å². The molecular formula is C21H19Cl2N3O3. The van der Waals surface area contributed by atoms with E-state index >= 15 is 0 Å². The Bertz CT molecular complexity index is 1000. The molecule has 0 aliphatic carbocycles. The zero-order valence-corrected chi connectivity index (χ0v) is 17.2. The van der Waals surface area contributed by atoms with Crippen LogP contribution in [-0.2, 0) is 4.74 Å². The van der Waals surface area contributed by atoms with Crippen LogP contribution in [0.1, 0.15) is 23.0 Å². The van der Waals surface area contributed by atoms with E-state index in [1.165, 1.54) is 0 Å². The van der Waals surface area contributed by atoms with Crippen molar-refractivity contribution in [3.05, 3.63) is 81.5 Å². The van der Waals surface area contributed by atoms with Crippen LogP contribution in [0.5, 0.6) is 0 Å².